The zero-order valence-electron chi connectivity index (χ0n) is 11.0. The lowest BCUT2D eigenvalue weighted by Gasteiger charge is -2.35. The molecule has 1 heterocycles. The second-order valence-corrected chi connectivity index (χ2v) is 5.83. The molecule has 3 nitrogen and oxygen atoms in total. The Bertz CT molecular complexity index is 436. The van der Waals surface area contributed by atoms with E-state index >= 15 is 0 Å². The van der Waals surface area contributed by atoms with Gasteiger partial charge in [0.2, 0.25) is 0 Å². The van der Waals surface area contributed by atoms with Gasteiger partial charge in [-0.25, -0.2) is 0 Å². The van der Waals surface area contributed by atoms with Crippen LogP contribution in [0.15, 0.2) is 22.7 Å². The van der Waals surface area contributed by atoms with Crippen molar-refractivity contribution in [2.24, 2.45) is 0 Å². The number of nitrogen functional groups attached to an aromatic ring is 1. The topological polar surface area (TPSA) is 32.5 Å². The fourth-order valence-electron chi connectivity index (χ4n) is 2.32. The molecular weight excluding hydrogens is 335 g/mol. The average molecular weight is 352 g/mol. The normalized spacial score (nSPS) is 18.4. The van der Waals surface area contributed by atoms with Gasteiger partial charge in [0.15, 0.2) is 0 Å². The first-order valence-corrected chi connectivity index (χ1v) is 7.19. The molecule has 0 unspecified atom stereocenters. The maximum absolute atomic E-state index is 12.3. The van der Waals surface area contributed by atoms with Crippen LogP contribution in [0.25, 0.3) is 0 Å². The molecule has 1 aliphatic heterocycles. The van der Waals surface area contributed by atoms with Crippen LogP contribution in [0.2, 0.25) is 0 Å². The summed E-state index contributed by atoms with van der Waals surface area (Å²) in [6, 6.07) is 5.62. The molecule has 2 N–H and O–H groups in total. The highest BCUT2D eigenvalue weighted by atomic mass is 79.9. The molecule has 1 aromatic rings. The Morgan fingerprint density at radius 2 is 1.70 bits per heavy atom. The van der Waals surface area contributed by atoms with Crippen LogP contribution in [0, 0.1) is 0 Å². The van der Waals surface area contributed by atoms with Gasteiger partial charge in [-0.05, 0) is 12.1 Å². The lowest BCUT2D eigenvalue weighted by Crippen LogP contribution is -2.48. The van der Waals surface area contributed by atoms with Gasteiger partial charge in [-0.15, -0.1) is 0 Å². The number of alkyl halides is 3. The van der Waals surface area contributed by atoms with Gasteiger partial charge in [0.25, 0.3) is 0 Å². The Balaban J connectivity index is 1.89. The number of nitrogens with zero attached hydrogens (tertiary/aromatic N) is 2. The summed E-state index contributed by atoms with van der Waals surface area (Å²) in [6.45, 7) is 1.95. The van der Waals surface area contributed by atoms with Crippen LogP contribution in [-0.2, 0) is 6.54 Å². The maximum atomic E-state index is 12.3. The number of piperazine rings is 1. The predicted molar refractivity (Wildman–Crippen MR) is 76.3 cm³/mol. The van der Waals surface area contributed by atoms with Crippen LogP contribution in [-0.4, -0.2) is 48.7 Å². The fourth-order valence-corrected chi connectivity index (χ4v) is 2.83. The summed E-state index contributed by atoms with van der Waals surface area (Å²) in [5.41, 5.74) is 7.64. The fraction of sp³-hybridized carbons (Fsp3) is 0.538. The number of anilines is 1. The molecule has 0 radical (unpaired) electrons. The summed E-state index contributed by atoms with van der Waals surface area (Å²) in [5, 5.41) is 0. The van der Waals surface area contributed by atoms with Gasteiger partial charge in [-0.3, -0.25) is 9.80 Å². The summed E-state index contributed by atoms with van der Waals surface area (Å²) in [7, 11) is 0. The lowest BCUT2D eigenvalue weighted by atomic mass is 10.1. The van der Waals surface area contributed by atoms with Crippen LogP contribution in [0.1, 0.15) is 5.56 Å². The van der Waals surface area contributed by atoms with Crippen molar-refractivity contribution < 1.29 is 13.2 Å². The standard InChI is InChI=1S/C13H17BrF3N3/c14-11-2-1-3-12(18)10(11)8-19-4-6-20(7-5-19)9-13(15,16)17/h1-3H,4-9,18H2. The Morgan fingerprint density at radius 1 is 1.10 bits per heavy atom. The Kier molecular flexibility index (Phi) is 4.93. The molecule has 0 saturated carbocycles. The highest BCUT2D eigenvalue weighted by Crippen LogP contribution is 2.25. The second-order valence-electron chi connectivity index (χ2n) is 4.98. The molecule has 7 heteroatoms. The minimum Gasteiger partial charge on any atom is -0.398 e. The van der Waals surface area contributed by atoms with Gasteiger partial charge in [0.05, 0.1) is 6.54 Å². The van der Waals surface area contributed by atoms with E-state index in [0.717, 1.165) is 10.0 Å². The first-order chi connectivity index (χ1) is 9.35. The highest BCUT2D eigenvalue weighted by molar-refractivity contribution is 9.10. The Hall–Kier alpha value is -0.790. The minimum absolute atomic E-state index is 0.434. The second kappa shape index (κ2) is 6.32. The van der Waals surface area contributed by atoms with Crippen LogP contribution in [0.4, 0.5) is 18.9 Å². The summed E-state index contributed by atoms with van der Waals surface area (Å²) < 4.78 is 37.9. The average Bonchev–Trinajstić information content (AvgIpc) is 2.34. The molecule has 0 amide bonds. The van der Waals surface area contributed by atoms with Crippen LogP contribution in [0.5, 0.6) is 0 Å². The maximum Gasteiger partial charge on any atom is 0.401 e. The molecule has 0 aromatic heterocycles. The van der Waals surface area contributed by atoms with Gasteiger partial charge in [-0.1, -0.05) is 22.0 Å². The number of hydrogen-bond acceptors (Lipinski definition) is 3. The molecule has 0 aliphatic carbocycles. The SMILES string of the molecule is Nc1cccc(Br)c1CN1CCN(CC(F)(F)F)CC1. The van der Waals surface area contributed by atoms with Gasteiger partial charge >= 0.3 is 6.18 Å². The largest absolute Gasteiger partial charge is 0.401 e. The summed E-state index contributed by atoms with van der Waals surface area (Å²) in [6.07, 6.45) is -4.12. The van der Waals surface area contributed by atoms with Crippen molar-refractivity contribution in [1.82, 2.24) is 9.80 Å². The molecule has 0 atom stereocenters. The van der Waals surface area contributed by atoms with Crippen LogP contribution in [0.3, 0.4) is 0 Å². The van der Waals surface area contributed by atoms with E-state index < -0.39 is 12.7 Å². The molecule has 1 saturated heterocycles. The third-order valence-electron chi connectivity index (χ3n) is 3.40. The Morgan fingerprint density at radius 3 is 2.25 bits per heavy atom. The molecular formula is C13H17BrF3N3. The minimum atomic E-state index is -4.12. The number of benzene rings is 1. The van der Waals surface area contributed by atoms with Crippen molar-refractivity contribution in [3.8, 4) is 0 Å². The molecule has 1 aromatic carbocycles. The van der Waals surface area contributed by atoms with Gasteiger partial charge in [-0.2, -0.15) is 13.2 Å². The zero-order chi connectivity index (χ0) is 14.8. The van der Waals surface area contributed by atoms with Crippen molar-refractivity contribution in [3.05, 3.63) is 28.2 Å². The molecule has 0 bridgehead atoms. The lowest BCUT2D eigenvalue weighted by molar-refractivity contribution is -0.149. The predicted octanol–water partition coefficient (Wildman–Crippen LogP) is 2.71. The van der Waals surface area contributed by atoms with E-state index in [1.54, 1.807) is 0 Å². The summed E-state index contributed by atoms with van der Waals surface area (Å²) >= 11 is 3.46. The number of halogens is 4. The quantitative estimate of drug-likeness (QED) is 0.850. The van der Waals surface area contributed by atoms with E-state index in [1.165, 1.54) is 4.90 Å². The first kappa shape index (κ1) is 15.6. The van der Waals surface area contributed by atoms with Crippen molar-refractivity contribution in [2.45, 2.75) is 12.7 Å². The molecule has 1 aliphatic rings. The number of rotatable bonds is 3. The Labute approximate surface area is 124 Å². The van der Waals surface area contributed by atoms with Crippen LogP contribution >= 0.6 is 15.9 Å². The molecule has 20 heavy (non-hydrogen) atoms. The van der Waals surface area contributed by atoms with Crippen molar-refractivity contribution >= 4 is 21.6 Å². The van der Waals surface area contributed by atoms with E-state index in [0.29, 0.717) is 38.4 Å². The van der Waals surface area contributed by atoms with Gasteiger partial charge in [0.1, 0.15) is 0 Å². The summed E-state index contributed by atoms with van der Waals surface area (Å²) in [4.78, 5) is 3.57. The zero-order valence-corrected chi connectivity index (χ0v) is 12.5. The molecule has 1 fully saturated rings. The highest BCUT2D eigenvalue weighted by Gasteiger charge is 2.32. The first-order valence-electron chi connectivity index (χ1n) is 6.39. The van der Waals surface area contributed by atoms with E-state index in [2.05, 4.69) is 20.8 Å². The van der Waals surface area contributed by atoms with Gasteiger partial charge < -0.3 is 5.73 Å². The smallest absolute Gasteiger partial charge is 0.398 e. The number of hydrogen-bond donors (Lipinski definition) is 1. The third kappa shape index (κ3) is 4.36. The van der Waals surface area contributed by atoms with E-state index in [9.17, 15) is 13.2 Å². The number of nitrogens with two attached hydrogens (primary N) is 1. The summed E-state index contributed by atoms with van der Waals surface area (Å²) in [5.74, 6) is 0. The van der Waals surface area contributed by atoms with E-state index in [4.69, 9.17) is 5.73 Å². The van der Waals surface area contributed by atoms with Gasteiger partial charge in [0, 0.05) is 48.4 Å². The molecule has 112 valence electrons. The monoisotopic (exact) mass is 351 g/mol. The van der Waals surface area contributed by atoms with E-state index in [-0.39, 0.29) is 0 Å². The third-order valence-corrected chi connectivity index (χ3v) is 4.15. The van der Waals surface area contributed by atoms with Crippen molar-refractivity contribution in [3.63, 3.8) is 0 Å². The van der Waals surface area contributed by atoms with E-state index in [1.807, 2.05) is 18.2 Å². The van der Waals surface area contributed by atoms with Crippen molar-refractivity contribution in [1.29, 1.82) is 0 Å². The molecule has 0 spiro atoms. The van der Waals surface area contributed by atoms with Crippen molar-refractivity contribution in [2.75, 3.05) is 38.5 Å². The molecule has 2 rings (SSSR count). The van der Waals surface area contributed by atoms with Crippen LogP contribution < -0.4 is 5.73 Å².